The molecule has 0 radical (unpaired) electrons. The summed E-state index contributed by atoms with van der Waals surface area (Å²) in [7, 11) is -0.585. The lowest BCUT2D eigenvalue weighted by atomic mass is 9.70. The summed E-state index contributed by atoms with van der Waals surface area (Å²) >= 11 is 0. The van der Waals surface area contributed by atoms with E-state index in [1.54, 1.807) is 25.5 Å². The number of furan rings is 1. The number of hydrogen-bond acceptors (Lipinski definition) is 7. The minimum Gasteiger partial charge on any atom is -0.465 e. The van der Waals surface area contributed by atoms with Gasteiger partial charge in [0.25, 0.3) is 0 Å². The summed E-state index contributed by atoms with van der Waals surface area (Å²) in [5, 5.41) is 0. The van der Waals surface area contributed by atoms with Gasteiger partial charge in [-0.05, 0) is 68.4 Å². The fourth-order valence-corrected chi connectivity index (χ4v) is 13.5. The first kappa shape index (κ1) is 35.5. The van der Waals surface area contributed by atoms with E-state index in [9.17, 15) is 9.59 Å². The highest BCUT2D eigenvalue weighted by atomic mass is 28.4. The topological polar surface area (TPSA) is 87.4 Å². The number of carbonyl (C=O) groups is 2. The molecule has 1 amide bonds. The monoisotopic (exact) mass is 619 g/mol. The van der Waals surface area contributed by atoms with Crippen molar-refractivity contribution < 1.29 is 32.6 Å². The second-order valence-electron chi connectivity index (χ2n) is 14.2. The number of unbranched alkanes of at least 4 members (excludes halogenated alkanes) is 1. The smallest absolute Gasteiger partial charge is 0.411 e. The highest BCUT2D eigenvalue weighted by molar-refractivity contribution is 6.77. The highest BCUT2D eigenvalue weighted by Gasteiger charge is 2.67. The van der Waals surface area contributed by atoms with E-state index in [2.05, 4.69) is 48.5 Å². The van der Waals surface area contributed by atoms with Gasteiger partial charge in [0.2, 0.25) is 0 Å². The van der Waals surface area contributed by atoms with E-state index in [1.807, 2.05) is 31.7 Å². The van der Waals surface area contributed by atoms with Crippen LogP contribution in [0.15, 0.2) is 28.4 Å². The van der Waals surface area contributed by atoms with Gasteiger partial charge in [-0.3, -0.25) is 9.69 Å². The number of ether oxygens (including phenoxy) is 3. The second-order valence-corrected chi connectivity index (χ2v) is 19.7. The molecule has 0 spiro atoms. The number of Topliss-reactive ketones (excluding diaryl/α,β-unsaturated/α-hetero) is 1. The number of nitrogens with zero attached hydrogens (tertiary/aromatic N) is 1. The normalized spacial score (nSPS) is 25.5. The average Bonchev–Trinajstić information content (AvgIpc) is 3.51. The molecule has 1 aromatic heterocycles. The van der Waals surface area contributed by atoms with Crippen molar-refractivity contribution in [3.63, 3.8) is 0 Å². The molecule has 244 valence electrons. The lowest BCUT2D eigenvalue weighted by molar-refractivity contribution is -0.146. The van der Waals surface area contributed by atoms with Crippen molar-refractivity contribution in [3.05, 3.63) is 29.7 Å². The second kappa shape index (κ2) is 14.4. The maximum absolute atomic E-state index is 14.7. The van der Waals surface area contributed by atoms with E-state index in [1.165, 1.54) is 0 Å². The Morgan fingerprint density at radius 1 is 1.16 bits per heavy atom. The first-order valence-corrected chi connectivity index (χ1v) is 18.4. The van der Waals surface area contributed by atoms with Crippen molar-refractivity contribution >= 4 is 26.3 Å². The SMILES string of the molecule is CCCC[C@@]12[C@@H](OCOC)C[C@@H](/C(=C\c3ccco3)C(=O)[C@@H]1CCO[Si](C(C)C)(C(C)C)C(C)C)N2C(=O)OC(C)(C)C. The molecule has 2 aliphatic rings. The van der Waals surface area contributed by atoms with Crippen LogP contribution in [0.3, 0.4) is 0 Å². The predicted molar refractivity (Wildman–Crippen MR) is 172 cm³/mol. The molecule has 43 heavy (non-hydrogen) atoms. The van der Waals surface area contributed by atoms with Gasteiger partial charge in [0.05, 0.1) is 29.9 Å². The van der Waals surface area contributed by atoms with Gasteiger partial charge in [-0.2, -0.15) is 0 Å². The molecule has 0 unspecified atom stereocenters. The Bertz CT molecular complexity index is 1070. The Morgan fingerprint density at radius 3 is 2.33 bits per heavy atom. The van der Waals surface area contributed by atoms with E-state index >= 15 is 0 Å². The van der Waals surface area contributed by atoms with Gasteiger partial charge in [-0.15, -0.1) is 0 Å². The van der Waals surface area contributed by atoms with E-state index in [0.29, 0.717) is 53.8 Å². The summed E-state index contributed by atoms with van der Waals surface area (Å²) in [6.07, 6.45) is 5.91. The Morgan fingerprint density at radius 2 is 1.81 bits per heavy atom. The Hall–Kier alpha value is -1.94. The van der Waals surface area contributed by atoms with Gasteiger partial charge in [0.1, 0.15) is 18.2 Å². The Kier molecular flexibility index (Phi) is 11.9. The number of carbonyl (C=O) groups excluding carboxylic acids is 2. The van der Waals surface area contributed by atoms with Gasteiger partial charge in [-0.25, -0.2) is 4.79 Å². The number of piperidine rings is 1. The quantitative estimate of drug-likeness (QED) is 0.117. The summed E-state index contributed by atoms with van der Waals surface area (Å²) < 4.78 is 30.5. The molecule has 0 N–H and O–H groups in total. The zero-order valence-electron chi connectivity index (χ0n) is 28.5. The molecule has 1 aromatic rings. The van der Waals surface area contributed by atoms with Crippen LogP contribution < -0.4 is 0 Å². The summed E-state index contributed by atoms with van der Waals surface area (Å²) in [5.41, 5.74) is 0.231. The summed E-state index contributed by atoms with van der Waals surface area (Å²) in [5.74, 6) is 0.0811. The van der Waals surface area contributed by atoms with Crippen molar-refractivity contribution in [1.29, 1.82) is 0 Å². The van der Waals surface area contributed by atoms with Crippen LogP contribution in [-0.2, 0) is 23.4 Å². The lowest BCUT2D eigenvalue weighted by Crippen LogP contribution is -2.66. The standard InChI is InChI=1S/C34H57NO7Si/c1-12-13-17-34-28(16-19-41-43(23(2)3,24(4)5)25(6)7)31(36)27(20-26-15-14-18-39-26)29(21-30(34)40-22-38-11)35(34)32(37)42-33(8,9)10/h14-15,18,20,23-25,28-30H,12-13,16-17,19,21-22H2,1-11H3/b27-20+/t28-,29-,30-,34-/m0/s1. The minimum absolute atomic E-state index is 0.0373. The highest BCUT2D eigenvalue weighted by Crippen LogP contribution is 2.54. The van der Waals surface area contributed by atoms with Crippen molar-refractivity contribution in [2.24, 2.45) is 5.92 Å². The lowest BCUT2D eigenvalue weighted by Gasteiger charge is -2.51. The van der Waals surface area contributed by atoms with E-state index < -0.39 is 43.6 Å². The number of hydrogen-bond donors (Lipinski definition) is 0. The van der Waals surface area contributed by atoms with Crippen LogP contribution in [-0.4, -0.2) is 68.9 Å². The molecular weight excluding hydrogens is 562 g/mol. The van der Waals surface area contributed by atoms with Gasteiger partial charge >= 0.3 is 6.09 Å². The first-order valence-electron chi connectivity index (χ1n) is 16.2. The predicted octanol–water partition coefficient (Wildman–Crippen LogP) is 8.37. The summed E-state index contributed by atoms with van der Waals surface area (Å²) in [6.45, 7) is 21.9. The molecule has 0 saturated carbocycles. The molecule has 8 nitrogen and oxygen atoms in total. The average molecular weight is 620 g/mol. The van der Waals surface area contributed by atoms with Crippen LogP contribution in [0.4, 0.5) is 4.79 Å². The molecule has 9 heteroatoms. The van der Waals surface area contributed by atoms with Crippen LogP contribution >= 0.6 is 0 Å². The van der Waals surface area contributed by atoms with Crippen molar-refractivity contribution in [2.75, 3.05) is 20.5 Å². The molecule has 3 heterocycles. The molecule has 2 bridgehead atoms. The summed E-state index contributed by atoms with van der Waals surface area (Å²) in [4.78, 5) is 30.7. The minimum atomic E-state index is -2.18. The largest absolute Gasteiger partial charge is 0.465 e. The van der Waals surface area contributed by atoms with Gasteiger partial charge in [-0.1, -0.05) is 61.3 Å². The molecule has 2 fully saturated rings. The number of ketones is 1. The molecule has 2 aliphatic heterocycles. The number of amides is 1. The van der Waals surface area contributed by atoms with E-state index in [-0.39, 0.29) is 12.6 Å². The van der Waals surface area contributed by atoms with Crippen LogP contribution in [0.1, 0.15) is 107 Å². The van der Waals surface area contributed by atoms with Crippen LogP contribution in [0.2, 0.25) is 16.6 Å². The third-order valence-corrected chi connectivity index (χ3v) is 15.7. The van der Waals surface area contributed by atoms with Crippen molar-refractivity contribution in [3.8, 4) is 0 Å². The first-order chi connectivity index (χ1) is 20.2. The van der Waals surface area contributed by atoms with E-state index in [0.717, 1.165) is 12.8 Å². The third kappa shape index (κ3) is 7.15. The van der Waals surface area contributed by atoms with Gasteiger partial charge in [0, 0.05) is 25.7 Å². The molecule has 4 atom stereocenters. The maximum Gasteiger partial charge on any atom is 0.411 e. The molecule has 0 aliphatic carbocycles. The van der Waals surface area contributed by atoms with Crippen LogP contribution in [0.5, 0.6) is 0 Å². The van der Waals surface area contributed by atoms with Crippen molar-refractivity contribution in [1.82, 2.24) is 4.90 Å². The third-order valence-electron chi connectivity index (χ3n) is 9.53. The zero-order chi connectivity index (χ0) is 32.2. The Labute approximate surface area is 261 Å². The Balaban J connectivity index is 2.18. The number of methoxy groups -OCH3 is 1. The maximum atomic E-state index is 14.7. The van der Waals surface area contributed by atoms with E-state index in [4.69, 9.17) is 23.1 Å². The van der Waals surface area contributed by atoms with Crippen LogP contribution in [0, 0.1) is 5.92 Å². The van der Waals surface area contributed by atoms with Gasteiger partial charge in [0.15, 0.2) is 14.1 Å². The van der Waals surface area contributed by atoms with Gasteiger partial charge < -0.3 is 23.1 Å². The van der Waals surface area contributed by atoms with Crippen molar-refractivity contribution in [2.45, 2.75) is 141 Å². The molecule has 2 saturated heterocycles. The summed E-state index contributed by atoms with van der Waals surface area (Å²) in [6, 6.07) is 3.13. The molecule has 3 rings (SSSR count). The number of rotatable bonds is 14. The molecular formula is C34H57NO7Si. The molecule has 0 aromatic carbocycles. The fraction of sp³-hybridized carbons (Fsp3) is 0.765. The van der Waals surface area contributed by atoms with Crippen LogP contribution in [0.25, 0.3) is 6.08 Å². The zero-order valence-corrected chi connectivity index (χ0v) is 29.5. The fourth-order valence-electron chi connectivity index (χ4n) is 8.02. The number of fused-ring (bicyclic) bond motifs is 2.